The summed E-state index contributed by atoms with van der Waals surface area (Å²) in [6.45, 7) is 2.76. The van der Waals surface area contributed by atoms with Crippen molar-refractivity contribution >= 4 is 11.8 Å². The number of hydrogen-bond acceptors (Lipinski definition) is 6. The van der Waals surface area contributed by atoms with Gasteiger partial charge in [0.1, 0.15) is 12.1 Å². The van der Waals surface area contributed by atoms with Gasteiger partial charge in [-0.3, -0.25) is 4.68 Å². The van der Waals surface area contributed by atoms with Crippen molar-refractivity contribution < 1.29 is 14.6 Å². The molecule has 0 spiro atoms. The van der Waals surface area contributed by atoms with Gasteiger partial charge in [0.25, 0.3) is 0 Å². The van der Waals surface area contributed by atoms with Crippen LogP contribution in [-0.4, -0.2) is 50.6 Å². The zero-order chi connectivity index (χ0) is 16.7. The number of nitrogens with zero attached hydrogens (tertiary/aromatic N) is 5. The molecule has 0 radical (unpaired) electrons. The predicted molar refractivity (Wildman–Crippen MR) is 85.1 cm³/mol. The summed E-state index contributed by atoms with van der Waals surface area (Å²) in [5, 5.41) is 13.5. The molecule has 24 heavy (non-hydrogen) atoms. The molecule has 1 N–H and O–H groups in total. The van der Waals surface area contributed by atoms with Gasteiger partial charge in [0.05, 0.1) is 12.3 Å². The van der Waals surface area contributed by atoms with Crippen LogP contribution in [0.15, 0.2) is 12.4 Å². The van der Waals surface area contributed by atoms with Crippen molar-refractivity contribution in [1.29, 1.82) is 0 Å². The van der Waals surface area contributed by atoms with Crippen molar-refractivity contribution in [3.8, 4) is 0 Å². The summed E-state index contributed by atoms with van der Waals surface area (Å²) in [5.74, 6) is 0.165. The van der Waals surface area contributed by atoms with E-state index in [1.54, 1.807) is 18.1 Å². The number of rotatable bonds is 3. The molecule has 1 saturated heterocycles. The number of fused-ring (bicyclic) bond motifs is 1. The van der Waals surface area contributed by atoms with E-state index in [-0.39, 0.29) is 5.69 Å². The average Bonchev–Trinajstić information content (AvgIpc) is 3.23. The van der Waals surface area contributed by atoms with Gasteiger partial charge in [-0.15, -0.1) is 0 Å². The molecule has 4 heterocycles. The molecule has 4 rings (SSSR count). The van der Waals surface area contributed by atoms with Crippen molar-refractivity contribution in [2.24, 2.45) is 7.05 Å². The van der Waals surface area contributed by atoms with Gasteiger partial charge in [0.2, 0.25) is 0 Å². The van der Waals surface area contributed by atoms with Gasteiger partial charge in [0.15, 0.2) is 5.69 Å². The maximum absolute atomic E-state index is 11.4. The number of carboxylic acids is 1. The van der Waals surface area contributed by atoms with Crippen molar-refractivity contribution in [3.63, 3.8) is 0 Å². The van der Waals surface area contributed by atoms with E-state index in [0.717, 1.165) is 48.8 Å². The third-order valence-electron chi connectivity index (χ3n) is 4.79. The Morgan fingerprint density at radius 2 is 2.29 bits per heavy atom. The van der Waals surface area contributed by atoms with Crippen LogP contribution in [0.2, 0.25) is 0 Å². The van der Waals surface area contributed by atoms with Crippen molar-refractivity contribution in [2.75, 3.05) is 24.7 Å². The van der Waals surface area contributed by atoms with E-state index >= 15 is 0 Å². The number of hydrogen-bond donors (Lipinski definition) is 1. The number of ether oxygens (including phenoxy) is 1. The van der Waals surface area contributed by atoms with Gasteiger partial charge >= 0.3 is 5.97 Å². The van der Waals surface area contributed by atoms with Crippen LogP contribution in [-0.2, 0) is 24.8 Å². The molecule has 2 aliphatic rings. The third kappa shape index (κ3) is 2.52. The second-order valence-corrected chi connectivity index (χ2v) is 6.24. The molecule has 126 valence electrons. The summed E-state index contributed by atoms with van der Waals surface area (Å²) in [6.07, 6.45) is 3.31. The molecular weight excluding hydrogens is 310 g/mol. The fourth-order valence-electron chi connectivity index (χ4n) is 3.49. The fraction of sp³-hybridized carbons (Fsp3) is 0.500. The largest absolute Gasteiger partial charge is 0.476 e. The van der Waals surface area contributed by atoms with Crippen molar-refractivity contribution in [3.05, 3.63) is 35.0 Å². The van der Waals surface area contributed by atoms with Gasteiger partial charge in [-0.2, -0.15) is 5.10 Å². The van der Waals surface area contributed by atoms with E-state index in [9.17, 15) is 9.90 Å². The van der Waals surface area contributed by atoms with E-state index in [1.165, 1.54) is 0 Å². The number of aromatic nitrogens is 4. The summed E-state index contributed by atoms with van der Waals surface area (Å²) in [4.78, 5) is 22.3. The highest BCUT2D eigenvalue weighted by molar-refractivity contribution is 5.87. The molecule has 2 aliphatic heterocycles. The Kier molecular flexibility index (Phi) is 3.68. The first-order valence-corrected chi connectivity index (χ1v) is 8.06. The van der Waals surface area contributed by atoms with E-state index in [1.807, 2.05) is 6.07 Å². The zero-order valence-corrected chi connectivity index (χ0v) is 13.5. The van der Waals surface area contributed by atoms with Gasteiger partial charge in [-0.25, -0.2) is 14.8 Å². The third-order valence-corrected chi connectivity index (χ3v) is 4.79. The van der Waals surface area contributed by atoms with E-state index in [2.05, 4.69) is 20.0 Å². The minimum absolute atomic E-state index is 0.135. The molecule has 1 unspecified atom stereocenters. The fourth-order valence-corrected chi connectivity index (χ4v) is 3.49. The van der Waals surface area contributed by atoms with Crippen LogP contribution in [0.3, 0.4) is 0 Å². The number of aryl methyl sites for hydroxylation is 1. The lowest BCUT2D eigenvalue weighted by molar-refractivity contribution is 0.0688. The second-order valence-electron chi connectivity index (χ2n) is 6.24. The summed E-state index contributed by atoms with van der Waals surface area (Å²) >= 11 is 0. The standard InChI is InChI=1S/C16H19N5O3/c1-20-13-2-4-21(7-11(13)15(19-20)16(22)23)14-6-12(17-9-18-14)10-3-5-24-8-10/h6,9-10H,2-5,7-8H2,1H3,(H,22,23). The van der Waals surface area contributed by atoms with Crippen LogP contribution in [0, 0.1) is 0 Å². The first-order valence-electron chi connectivity index (χ1n) is 8.06. The Labute approximate surface area is 139 Å². The highest BCUT2D eigenvalue weighted by atomic mass is 16.5. The molecule has 0 amide bonds. The molecule has 8 heteroatoms. The number of anilines is 1. The maximum atomic E-state index is 11.4. The lowest BCUT2D eigenvalue weighted by atomic mass is 10.0. The highest BCUT2D eigenvalue weighted by Gasteiger charge is 2.28. The second kappa shape index (κ2) is 5.86. The summed E-state index contributed by atoms with van der Waals surface area (Å²) in [7, 11) is 1.80. The van der Waals surface area contributed by atoms with Crippen LogP contribution in [0.5, 0.6) is 0 Å². The van der Waals surface area contributed by atoms with Crippen LogP contribution in [0.4, 0.5) is 5.82 Å². The molecule has 1 atom stereocenters. The quantitative estimate of drug-likeness (QED) is 0.897. The van der Waals surface area contributed by atoms with Gasteiger partial charge in [0, 0.05) is 56.4 Å². The molecule has 8 nitrogen and oxygen atoms in total. The Morgan fingerprint density at radius 3 is 3.04 bits per heavy atom. The smallest absolute Gasteiger partial charge is 0.356 e. The molecule has 0 saturated carbocycles. The monoisotopic (exact) mass is 329 g/mol. The Morgan fingerprint density at radius 1 is 1.42 bits per heavy atom. The molecular formula is C16H19N5O3. The van der Waals surface area contributed by atoms with Crippen LogP contribution >= 0.6 is 0 Å². The number of carbonyl (C=O) groups is 1. The Hall–Kier alpha value is -2.48. The molecule has 1 fully saturated rings. The molecule has 0 bridgehead atoms. The first-order chi connectivity index (χ1) is 11.6. The van der Waals surface area contributed by atoms with E-state index in [4.69, 9.17) is 4.74 Å². The van der Waals surface area contributed by atoms with Crippen LogP contribution in [0.25, 0.3) is 0 Å². The lowest BCUT2D eigenvalue weighted by Gasteiger charge is -2.28. The Balaban J connectivity index is 1.63. The average molecular weight is 329 g/mol. The van der Waals surface area contributed by atoms with Gasteiger partial charge < -0.3 is 14.7 Å². The minimum Gasteiger partial charge on any atom is -0.476 e. The minimum atomic E-state index is -0.986. The van der Waals surface area contributed by atoms with E-state index < -0.39 is 5.97 Å². The van der Waals surface area contributed by atoms with Gasteiger partial charge in [-0.05, 0) is 6.42 Å². The zero-order valence-electron chi connectivity index (χ0n) is 13.5. The van der Waals surface area contributed by atoms with Gasteiger partial charge in [-0.1, -0.05) is 0 Å². The molecule has 0 aliphatic carbocycles. The summed E-state index contributed by atoms with van der Waals surface area (Å²) < 4.78 is 7.12. The van der Waals surface area contributed by atoms with Crippen LogP contribution in [0.1, 0.15) is 39.8 Å². The number of carboxylic acid groups (broad SMARTS) is 1. The van der Waals surface area contributed by atoms with Crippen LogP contribution < -0.4 is 4.90 Å². The maximum Gasteiger partial charge on any atom is 0.356 e. The molecule has 0 aromatic carbocycles. The summed E-state index contributed by atoms with van der Waals surface area (Å²) in [5.41, 5.74) is 2.89. The van der Waals surface area contributed by atoms with Crippen molar-refractivity contribution in [2.45, 2.75) is 25.3 Å². The van der Waals surface area contributed by atoms with Crippen molar-refractivity contribution in [1.82, 2.24) is 19.7 Å². The topological polar surface area (TPSA) is 93.4 Å². The highest BCUT2D eigenvalue weighted by Crippen LogP contribution is 2.28. The molecule has 2 aromatic rings. The number of aromatic carboxylic acids is 1. The predicted octanol–water partition coefficient (Wildman–Crippen LogP) is 0.975. The first kappa shape index (κ1) is 15.1. The SMILES string of the molecule is Cn1nc(C(=O)O)c2c1CCN(c1cc(C3CCOC3)ncn1)C2. The van der Waals surface area contributed by atoms with E-state index in [0.29, 0.717) is 19.1 Å². The molecule has 2 aromatic heterocycles. The summed E-state index contributed by atoms with van der Waals surface area (Å²) in [6, 6.07) is 2.00. The lowest BCUT2D eigenvalue weighted by Crippen LogP contribution is -2.32. The normalized spacial score (nSPS) is 20.2. The Bertz CT molecular complexity index is 782.